The fraction of sp³-hybridized carbons (Fsp3) is 0.435. The quantitative estimate of drug-likeness (QED) is 0.763. The number of aryl methyl sites for hydroxylation is 1. The van der Waals surface area contributed by atoms with Crippen molar-refractivity contribution in [2.75, 3.05) is 14.1 Å². The Balaban J connectivity index is 1.67. The first kappa shape index (κ1) is 22.5. The minimum atomic E-state index is -3.58. The molecule has 0 aromatic heterocycles. The van der Waals surface area contributed by atoms with Gasteiger partial charge in [-0.05, 0) is 49.6 Å². The number of carbonyl (C=O) groups excluding carboxylic acids is 1. The molecule has 0 heterocycles. The van der Waals surface area contributed by atoms with Crippen molar-refractivity contribution in [2.24, 2.45) is 0 Å². The van der Waals surface area contributed by atoms with Gasteiger partial charge >= 0.3 is 0 Å². The van der Waals surface area contributed by atoms with E-state index in [4.69, 9.17) is 0 Å². The van der Waals surface area contributed by atoms with Gasteiger partial charge in [0.05, 0.1) is 17.0 Å². The molecule has 0 bridgehead atoms. The fourth-order valence-electron chi connectivity index (χ4n) is 3.88. The number of likely N-dealkylation sites (N-methyl/N-ethyl adjacent to an activating group) is 1. The van der Waals surface area contributed by atoms with Crippen LogP contribution in [0.4, 0.5) is 0 Å². The molecular formula is C23H30N2O4S. The average molecular weight is 431 g/mol. The summed E-state index contributed by atoms with van der Waals surface area (Å²) in [6.07, 6.45) is 3.06. The number of aliphatic hydroxyl groups excluding tert-OH is 1. The highest BCUT2D eigenvalue weighted by Crippen LogP contribution is 2.24. The maximum absolute atomic E-state index is 12.8. The minimum absolute atomic E-state index is 0.131. The highest BCUT2D eigenvalue weighted by atomic mass is 32.2. The lowest BCUT2D eigenvalue weighted by atomic mass is 9.91. The zero-order valence-corrected chi connectivity index (χ0v) is 18.6. The van der Waals surface area contributed by atoms with Crippen LogP contribution in [0.15, 0.2) is 53.4 Å². The van der Waals surface area contributed by atoms with Crippen molar-refractivity contribution in [3.05, 3.63) is 65.2 Å². The van der Waals surface area contributed by atoms with E-state index in [2.05, 4.69) is 0 Å². The van der Waals surface area contributed by atoms with Crippen LogP contribution in [0.3, 0.4) is 0 Å². The molecule has 0 radical (unpaired) electrons. The van der Waals surface area contributed by atoms with Crippen LogP contribution in [-0.2, 0) is 16.6 Å². The van der Waals surface area contributed by atoms with Gasteiger partial charge in [0.2, 0.25) is 10.0 Å². The van der Waals surface area contributed by atoms with Crippen LogP contribution in [0, 0.1) is 6.92 Å². The lowest BCUT2D eigenvalue weighted by Crippen LogP contribution is -2.46. The second-order valence-electron chi connectivity index (χ2n) is 8.11. The molecule has 1 aliphatic rings. The fourth-order valence-corrected chi connectivity index (χ4v) is 5.04. The van der Waals surface area contributed by atoms with Gasteiger partial charge in [0.1, 0.15) is 0 Å². The lowest BCUT2D eigenvalue weighted by molar-refractivity contribution is 0.0268. The Morgan fingerprint density at radius 3 is 2.20 bits per heavy atom. The minimum Gasteiger partial charge on any atom is -0.391 e. The van der Waals surface area contributed by atoms with E-state index < -0.39 is 16.1 Å². The van der Waals surface area contributed by atoms with Crippen molar-refractivity contribution in [3.8, 4) is 0 Å². The number of carbonyl (C=O) groups is 1. The first-order valence-corrected chi connectivity index (χ1v) is 11.7. The predicted molar refractivity (Wildman–Crippen MR) is 117 cm³/mol. The number of hydrogen-bond donors (Lipinski definition) is 1. The van der Waals surface area contributed by atoms with Gasteiger partial charge < -0.3 is 10.0 Å². The van der Waals surface area contributed by atoms with Gasteiger partial charge in [0, 0.05) is 26.2 Å². The third-order valence-electron chi connectivity index (χ3n) is 5.85. The van der Waals surface area contributed by atoms with Crippen molar-refractivity contribution < 1.29 is 18.3 Å². The topological polar surface area (TPSA) is 77.9 Å². The monoisotopic (exact) mass is 430 g/mol. The summed E-state index contributed by atoms with van der Waals surface area (Å²) >= 11 is 0. The number of benzene rings is 2. The molecule has 2 aromatic rings. The van der Waals surface area contributed by atoms with Gasteiger partial charge in [0.25, 0.3) is 5.91 Å². The molecule has 0 spiro atoms. The molecule has 30 heavy (non-hydrogen) atoms. The molecule has 3 rings (SSSR count). The molecule has 162 valence electrons. The lowest BCUT2D eigenvalue weighted by Gasteiger charge is -2.35. The van der Waals surface area contributed by atoms with Crippen molar-refractivity contribution in [1.29, 1.82) is 0 Å². The molecule has 7 heteroatoms. The van der Waals surface area contributed by atoms with Gasteiger partial charge in [-0.15, -0.1) is 0 Å². The number of aliphatic hydroxyl groups is 1. The summed E-state index contributed by atoms with van der Waals surface area (Å²) in [4.78, 5) is 14.7. The molecule has 0 unspecified atom stereocenters. The molecule has 1 N–H and O–H groups in total. The summed E-state index contributed by atoms with van der Waals surface area (Å²) in [5, 5.41) is 10.2. The van der Waals surface area contributed by atoms with Gasteiger partial charge in [-0.2, -0.15) is 4.31 Å². The molecule has 0 saturated heterocycles. The summed E-state index contributed by atoms with van der Waals surface area (Å²) in [6, 6.07) is 13.6. The van der Waals surface area contributed by atoms with Gasteiger partial charge in [-0.25, -0.2) is 8.42 Å². The summed E-state index contributed by atoms with van der Waals surface area (Å²) < 4.78 is 26.8. The molecule has 6 nitrogen and oxygen atoms in total. The maximum atomic E-state index is 12.8. The van der Waals surface area contributed by atoms with E-state index in [-0.39, 0.29) is 23.4 Å². The van der Waals surface area contributed by atoms with Gasteiger partial charge in [0.15, 0.2) is 0 Å². The van der Waals surface area contributed by atoms with Gasteiger partial charge in [-0.1, -0.05) is 42.7 Å². The first-order chi connectivity index (χ1) is 14.2. The van der Waals surface area contributed by atoms with Gasteiger partial charge in [-0.3, -0.25) is 4.79 Å². The second kappa shape index (κ2) is 9.29. The summed E-state index contributed by atoms with van der Waals surface area (Å²) in [5.41, 5.74) is 2.33. The number of amides is 1. The summed E-state index contributed by atoms with van der Waals surface area (Å²) in [7, 11) is -0.302. The first-order valence-electron chi connectivity index (χ1n) is 10.3. The number of sulfonamides is 1. The van der Waals surface area contributed by atoms with Crippen molar-refractivity contribution in [2.45, 2.75) is 56.2 Å². The normalized spacial score (nSPS) is 19.6. The summed E-state index contributed by atoms with van der Waals surface area (Å²) in [6.45, 7) is 2.12. The Labute approximate surface area is 179 Å². The van der Waals surface area contributed by atoms with E-state index in [9.17, 15) is 18.3 Å². The Morgan fingerprint density at radius 1 is 1.00 bits per heavy atom. The Hall–Kier alpha value is -2.22. The molecule has 1 aliphatic carbocycles. The molecule has 2 atom stereocenters. The third-order valence-corrected chi connectivity index (χ3v) is 7.66. The third kappa shape index (κ3) is 4.91. The average Bonchev–Trinajstić information content (AvgIpc) is 2.74. The SMILES string of the molecule is Cc1ccc(S(=O)(=O)N(C)Cc2ccc(C(=O)N(C)[C@@H]3CCCC[C@H]3O)cc2)cc1. The van der Waals surface area contributed by atoms with E-state index in [1.54, 1.807) is 67.5 Å². The number of hydrogen-bond acceptors (Lipinski definition) is 4. The smallest absolute Gasteiger partial charge is 0.253 e. The van der Waals surface area contributed by atoms with Crippen molar-refractivity contribution in [3.63, 3.8) is 0 Å². The standard InChI is InChI=1S/C23H30N2O4S/c1-17-8-14-20(15-9-17)30(28,29)24(2)16-18-10-12-19(13-11-18)23(27)25(3)21-6-4-5-7-22(21)26/h8-15,21-22,26H,4-7,16H2,1-3H3/t21-,22-/m1/s1. The highest BCUT2D eigenvalue weighted by Gasteiger charge is 2.30. The van der Waals surface area contributed by atoms with Crippen LogP contribution in [0.2, 0.25) is 0 Å². The molecule has 1 fully saturated rings. The Morgan fingerprint density at radius 2 is 1.60 bits per heavy atom. The van der Waals surface area contributed by atoms with E-state index in [1.165, 1.54) is 4.31 Å². The van der Waals surface area contributed by atoms with E-state index >= 15 is 0 Å². The highest BCUT2D eigenvalue weighted by molar-refractivity contribution is 7.89. The zero-order valence-electron chi connectivity index (χ0n) is 17.8. The molecule has 0 aliphatic heterocycles. The van der Waals surface area contributed by atoms with Crippen LogP contribution in [-0.4, -0.2) is 54.9 Å². The number of rotatable bonds is 6. The molecule has 1 amide bonds. The van der Waals surface area contributed by atoms with Crippen LogP contribution in [0.25, 0.3) is 0 Å². The van der Waals surface area contributed by atoms with Crippen LogP contribution in [0.5, 0.6) is 0 Å². The molecule has 2 aromatic carbocycles. The van der Waals surface area contributed by atoms with E-state index in [0.29, 0.717) is 5.56 Å². The van der Waals surface area contributed by atoms with Crippen LogP contribution >= 0.6 is 0 Å². The second-order valence-corrected chi connectivity index (χ2v) is 10.2. The van der Waals surface area contributed by atoms with Crippen molar-refractivity contribution in [1.82, 2.24) is 9.21 Å². The van der Waals surface area contributed by atoms with E-state index in [0.717, 1.165) is 36.8 Å². The van der Waals surface area contributed by atoms with Crippen molar-refractivity contribution >= 4 is 15.9 Å². The van der Waals surface area contributed by atoms with Crippen LogP contribution < -0.4 is 0 Å². The molecular weight excluding hydrogens is 400 g/mol. The maximum Gasteiger partial charge on any atom is 0.253 e. The number of nitrogens with zero attached hydrogens (tertiary/aromatic N) is 2. The predicted octanol–water partition coefficient (Wildman–Crippen LogP) is 3.19. The zero-order chi connectivity index (χ0) is 21.9. The largest absolute Gasteiger partial charge is 0.391 e. The van der Waals surface area contributed by atoms with E-state index in [1.807, 2.05) is 6.92 Å². The Bertz CT molecular complexity index is 971. The van der Waals surface area contributed by atoms with Crippen LogP contribution in [0.1, 0.15) is 47.2 Å². The summed E-state index contributed by atoms with van der Waals surface area (Å²) in [5.74, 6) is -0.131. The molecule has 1 saturated carbocycles. The Kier molecular flexibility index (Phi) is 6.95.